The summed E-state index contributed by atoms with van der Waals surface area (Å²) < 4.78 is 10.5. The molecule has 2 rings (SSSR count). The van der Waals surface area contributed by atoms with Crippen LogP contribution in [0.1, 0.15) is 52.5 Å². The molecular weight excluding hydrogens is 470 g/mol. The first-order chi connectivity index (χ1) is 17.6. The quantitative estimate of drug-likeness (QED) is 0.349. The minimum Gasteiger partial charge on any atom is -0.497 e. The average molecular weight is 510 g/mol. The summed E-state index contributed by atoms with van der Waals surface area (Å²) in [5.41, 5.74) is 1.08. The standard InChI is InChI=1S/C29H39N3O5/c1-6-10-25(32-28(35)37-29(2,3)4)27(34)31-23(14-13-21-11-8-7-9-12-21)17-20-26(33)30-22-15-18-24(36-5)19-16-22/h7-9,11-12,15-20,23,25H,6,10,13-14H2,1-5H3,(H,30,33)(H,31,34)(H,32,35). The molecule has 0 aliphatic carbocycles. The number of benzene rings is 2. The molecule has 0 heterocycles. The number of rotatable bonds is 12. The molecule has 200 valence electrons. The predicted octanol–water partition coefficient (Wildman–Crippen LogP) is 5.00. The maximum Gasteiger partial charge on any atom is 0.408 e. The molecule has 8 heteroatoms. The first-order valence-corrected chi connectivity index (χ1v) is 12.6. The van der Waals surface area contributed by atoms with E-state index in [1.807, 2.05) is 37.3 Å². The molecule has 0 bridgehead atoms. The van der Waals surface area contributed by atoms with Gasteiger partial charge in [-0.3, -0.25) is 9.59 Å². The number of alkyl carbamates (subject to hydrolysis) is 1. The van der Waals surface area contributed by atoms with Crippen molar-refractivity contribution in [1.29, 1.82) is 0 Å². The Labute approximate surface area is 219 Å². The van der Waals surface area contributed by atoms with E-state index in [2.05, 4.69) is 16.0 Å². The Bertz CT molecular complexity index is 1030. The van der Waals surface area contributed by atoms with Gasteiger partial charge in [0.25, 0.3) is 0 Å². The number of hydrogen-bond donors (Lipinski definition) is 3. The topological polar surface area (TPSA) is 106 Å². The van der Waals surface area contributed by atoms with Crippen LogP contribution in [-0.2, 0) is 20.7 Å². The highest BCUT2D eigenvalue weighted by Crippen LogP contribution is 2.15. The molecule has 8 nitrogen and oxygen atoms in total. The van der Waals surface area contributed by atoms with Crippen molar-refractivity contribution in [3.05, 3.63) is 72.3 Å². The van der Waals surface area contributed by atoms with Crippen LogP contribution in [0.15, 0.2) is 66.7 Å². The van der Waals surface area contributed by atoms with E-state index in [1.54, 1.807) is 58.2 Å². The lowest BCUT2D eigenvalue weighted by Gasteiger charge is -2.24. The Balaban J connectivity index is 2.09. The van der Waals surface area contributed by atoms with E-state index in [4.69, 9.17) is 9.47 Å². The molecule has 0 radical (unpaired) electrons. The summed E-state index contributed by atoms with van der Waals surface area (Å²) in [6.45, 7) is 7.24. The first-order valence-electron chi connectivity index (χ1n) is 12.6. The van der Waals surface area contributed by atoms with Crippen molar-refractivity contribution in [2.24, 2.45) is 0 Å². The molecule has 0 aromatic heterocycles. The molecule has 0 saturated heterocycles. The van der Waals surface area contributed by atoms with Crippen LogP contribution in [0.5, 0.6) is 5.75 Å². The number of carbonyl (C=O) groups is 3. The van der Waals surface area contributed by atoms with Crippen LogP contribution in [0.3, 0.4) is 0 Å². The summed E-state index contributed by atoms with van der Waals surface area (Å²) in [5.74, 6) is 0.0472. The molecule has 0 fully saturated rings. The van der Waals surface area contributed by atoms with E-state index in [9.17, 15) is 14.4 Å². The largest absolute Gasteiger partial charge is 0.497 e. The second-order valence-corrected chi connectivity index (χ2v) is 9.70. The minimum absolute atomic E-state index is 0.318. The van der Waals surface area contributed by atoms with Gasteiger partial charge in [0.05, 0.1) is 7.11 Å². The Morgan fingerprint density at radius 3 is 2.22 bits per heavy atom. The predicted molar refractivity (Wildman–Crippen MR) is 146 cm³/mol. The number of nitrogens with one attached hydrogen (secondary N) is 3. The Morgan fingerprint density at radius 1 is 0.946 bits per heavy atom. The van der Waals surface area contributed by atoms with E-state index < -0.39 is 23.8 Å². The second kappa shape index (κ2) is 14.7. The highest BCUT2D eigenvalue weighted by Gasteiger charge is 2.25. The lowest BCUT2D eigenvalue weighted by atomic mass is 10.0. The summed E-state index contributed by atoms with van der Waals surface area (Å²) in [4.78, 5) is 37.9. The Morgan fingerprint density at radius 2 is 1.62 bits per heavy atom. The number of methoxy groups -OCH3 is 1. The van der Waals surface area contributed by atoms with Crippen LogP contribution in [0.4, 0.5) is 10.5 Å². The number of amides is 3. The van der Waals surface area contributed by atoms with Crippen LogP contribution in [0, 0.1) is 0 Å². The maximum atomic E-state index is 13.1. The van der Waals surface area contributed by atoms with E-state index in [0.29, 0.717) is 37.1 Å². The van der Waals surface area contributed by atoms with Crippen molar-refractivity contribution in [3.63, 3.8) is 0 Å². The highest BCUT2D eigenvalue weighted by atomic mass is 16.6. The molecule has 0 aliphatic rings. The maximum absolute atomic E-state index is 13.1. The summed E-state index contributed by atoms with van der Waals surface area (Å²) >= 11 is 0. The summed E-state index contributed by atoms with van der Waals surface area (Å²) in [6, 6.07) is 15.7. The zero-order valence-electron chi connectivity index (χ0n) is 22.4. The lowest BCUT2D eigenvalue weighted by molar-refractivity contribution is -0.124. The second-order valence-electron chi connectivity index (χ2n) is 9.70. The molecular formula is C29H39N3O5. The SMILES string of the molecule is CCCC(NC(=O)OC(C)(C)C)C(=O)NC(C=CC(=O)Nc1ccc(OC)cc1)CCc1ccccc1. The van der Waals surface area contributed by atoms with E-state index in [-0.39, 0.29) is 11.8 Å². The van der Waals surface area contributed by atoms with Crippen LogP contribution in [0.2, 0.25) is 0 Å². The highest BCUT2D eigenvalue weighted by molar-refractivity contribution is 5.99. The van der Waals surface area contributed by atoms with Gasteiger partial charge in [-0.05, 0) is 69.9 Å². The van der Waals surface area contributed by atoms with E-state index in [0.717, 1.165) is 5.56 Å². The molecule has 2 aromatic rings. The van der Waals surface area contributed by atoms with Gasteiger partial charge in [-0.25, -0.2) is 4.79 Å². The van der Waals surface area contributed by atoms with Gasteiger partial charge in [-0.2, -0.15) is 0 Å². The van der Waals surface area contributed by atoms with Crippen LogP contribution < -0.4 is 20.7 Å². The fraction of sp³-hybridized carbons (Fsp3) is 0.414. The third-order valence-electron chi connectivity index (χ3n) is 5.34. The molecule has 37 heavy (non-hydrogen) atoms. The van der Waals surface area contributed by atoms with Crippen molar-refractivity contribution in [3.8, 4) is 5.75 Å². The molecule has 0 aliphatic heterocycles. The third-order valence-corrected chi connectivity index (χ3v) is 5.34. The summed E-state index contributed by atoms with van der Waals surface area (Å²) in [6.07, 6.45) is 4.88. The Hall–Kier alpha value is -3.81. The van der Waals surface area contributed by atoms with Crippen molar-refractivity contribution in [2.45, 2.75) is 71.1 Å². The van der Waals surface area contributed by atoms with Crippen molar-refractivity contribution in [2.75, 3.05) is 12.4 Å². The number of carbonyl (C=O) groups excluding carboxylic acids is 3. The zero-order chi connectivity index (χ0) is 27.3. The van der Waals surface area contributed by atoms with Crippen molar-refractivity contribution < 1.29 is 23.9 Å². The van der Waals surface area contributed by atoms with E-state index >= 15 is 0 Å². The Kier molecular flexibility index (Phi) is 11.7. The third kappa shape index (κ3) is 11.6. The van der Waals surface area contributed by atoms with Gasteiger partial charge in [0.1, 0.15) is 17.4 Å². The first kappa shape index (κ1) is 29.4. The molecule has 3 N–H and O–H groups in total. The number of aryl methyl sites for hydroxylation is 1. The summed E-state index contributed by atoms with van der Waals surface area (Å²) in [7, 11) is 1.58. The molecule has 0 saturated carbocycles. The minimum atomic E-state index is -0.749. The van der Waals surface area contributed by atoms with Gasteiger partial charge in [-0.15, -0.1) is 0 Å². The molecule has 2 unspecified atom stereocenters. The van der Waals surface area contributed by atoms with Crippen LogP contribution >= 0.6 is 0 Å². The van der Waals surface area contributed by atoms with Gasteiger partial charge < -0.3 is 25.4 Å². The number of anilines is 1. The van der Waals surface area contributed by atoms with Crippen LogP contribution in [-0.4, -0.2) is 42.7 Å². The molecule has 2 atom stereocenters. The fourth-order valence-corrected chi connectivity index (χ4v) is 3.54. The van der Waals surface area contributed by atoms with Crippen molar-refractivity contribution >= 4 is 23.6 Å². The van der Waals surface area contributed by atoms with Gasteiger partial charge in [-0.1, -0.05) is 49.8 Å². The lowest BCUT2D eigenvalue weighted by Crippen LogP contribution is -2.50. The van der Waals surface area contributed by atoms with Crippen molar-refractivity contribution in [1.82, 2.24) is 10.6 Å². The van der Waals surface area contributed by atoms with Crippen LogP contribution in [0.25, 0.3) is 0 Å². The molecule has 0 spiro atoms. The van der Waals surface area contributed by atoms with Gasteiger partial charge >= 0.3 is 6.09 Å². The smallest absolute Gasteiger partial charge is 0.408 e. The fourth-order valence-electron chi connectivity index (χ4n) is 3.54. The van der Waals surface area contributed by atoms with Gasteiger partial charge in [0, 0.05) is 17.8 Å². The van der Waals surface area contributed by atoms with Gasteiger partial charge in [0.15, 0.2) is 0 Å². The number of ether oxygens (including phenoxy) is 2. The average Bonchev–Trinajstić information content (AvgIpc) is 2.85. The summed E-state index contributed by atoms with van der Waals surface area (Å²) in [5, 5.41) is 8.45. The number of hydrogen-bond acceptors (Lipinski definition) is 5. The van der Waals surface area contributed by atoms with Gasteiger partial charge in [0.2, 0.25) is 11.8 Å². The monoisotopic (exact) mass is 509 g/mol. The normalized spacial score (nSPS) is 12.9. The zero-order valence-corrected chi connectivity index (χ0v) is 22.4. The molecule has 2 aromatic carbocycles. The molecule has 3 amide bonds. The van der Waals surface area contributed by atoms with E-state index in [1.165, 1.54) is 6.08 Å².